The van der Waals surface area contributed by atoms with Gasteiger partial charge in [0.25, 0.3) is 0 Å². The summed E-state index contributed by atoms with van der Waals surface area (Å²) < 4.78 is 0. The molecule has 0 aliphatic heterocycles. The van der Waals surface area contributed by atoms with Crippen molar-refractivity contribution in [3.8, 4) is 0 Å². The molecule has 0 amide bonds. The molecule has 3 heteroatoms. The Morgan fingerprint density at radius 1 is 1.30 bits per heavy atom. The van der Waals surface area contributed by atoms with Crippen molar-refractivity contribution in [3.63, 3.8) is 0 Å². The van der Waals surface area contributed by atoms with E-state index >= 15 is 0 Å². The number of nitrogens with zero attached hydrogens (tertiary/aromatic N) is 1. The number of thiophene rings is 1. The number of hydrogen-bond acceptors (Lipinski definition) is 3. The quantitative estimate of drug-likeness (QED) is 0.697. The van der Waals surface area contributed by atoms with Crippen LogP contribution in [0.15, 0.2) is 17.5 Å². The van der Waals surface area contributed by atoms with Gasteiger partial charge in [-0.1, -0.05) is 32.8 Å². The molecule has 1 fully saturated rings. The van der Waals surface area contributed by atoms with E-state index in [1.807, 2.05) is 11.3 Å². The maximum Gasteiger partial charge on any atom is 0.0110 e. The maximum absolute atomic E-state index is 3.62. The van der Waals surface area contributed by atoms with Crippen LogP contribution in [0.5, 0.6) is 0 Å². The number of rotatable bonds is 9. The molecule has 1 saturated carbocycles. The summed E-state index contributed by atoms with van der Waals surface area (Å²) in [5.74, 6) is 0.779. The summed E-state index contributed by atoms with van der Waals surface area (Å²) in [5, 5.41) is 5.78. The van der Waals surface area contributed by atoms with Crippen molar-refractivity contribution < 1.29 is 0 Å². The van der Waals surface area contributed by atoms with Crippen LogP contribution in [0.3, 0.4) is 0 Å². The Bertz CT molecular complexity index is 342. The third-order valence-electron chi connectivity index (χ3n) is 4.14. The molecule has 2 rings (SSSR count). The molecule has 1 heterocycles. The second-order valence-corrected chi connectivity index (χ2v) is 7.44. The Morgan fingerprint density at radius 2 is 2.10 bits per heavy atom. The van der Waals surface area contributed by atoms with Crippen LogP contribution >= 0.6 is 11.3 Å². The topological polar surface area (TPSA) is 15.3 Å². The lowest BCUT2D eigenvalue weighted by atomic mass is 10.1. The van der Waals surface area contributed by atoms with Gasteiger partial charge in [-0.2, -0.15) is 0 Å². The van der Waals surface area contributed by atoms with Crippen molar-refractivity contribution in [1.82, 2.24) is 10.2 Å². The molecule has 0 aromatic carbocycles. The first-order chi connectivity index (χ1) is 9.75. The van der Waals surface area contributed by atoms with Crippen LogP contribution in [0.25, 0.3) is 0 Å². The van der Waals surface area contributed by atoms with Gasteiger partial charge in [-0.05, 0) is 36.6 Å². The molecule has 20 heavy (non-hydrogen) atoms. The van der Waals surface area contributed by atoms with Crippen LogP contribution in [0, 0.1) is 5.92 Å². The minimum Gasteiger partial charge on any atom is -0.315 e. The van der Waals surface area contributed by atoms with E-state index in [2.05, 4.69) is 41.6 Å². The molecular weight excluding hydrogens is 264 g/mol. The molecule has 2 nitrogen and oxygen atoms in total. The summed E-state index contributed by atoms with van der Waals surface area (Å²) in [7, 11) is 0. The minimum atomic E-state index is 0.779. The van der Waals surface area contributed by atoms with Crippen molar-refractivity contribution in [1.29, 1.82) is 0 Å². The number of hydrogen-bond donors (Lipinski definition) is 1. The van der Waals surface area contributed by atoms with Crippen LogP contribution < -0.4 is 5.32 Å². The van der Waals surface area contributed by atoms with E-state index in [0.29, 0.717) is 0 Å². The zero-order valence-electron chi connectivity index (χ0n) is 13.1. The summed E-state index contributed by atoms with van der Waals surface area (Å²) in [4.78, 5) is 4.22. The Kier molecular flexibility index (Phi) is 7.05. The van der Waals surface area contributed by atoms with Gasteiger partial charge in [-0.15, -0.1) is 11.3 Å². The van der Waals surface area contributed by atoms with Gasteiger partial charge in [0, 0.05) is 37.1 Å². The fraction of sp³-hybridized carbons (Fsp3) is 0.765. The molecule has 1 aromatic rings. The summed E-state index contributed by atoms with van der Waals surface area (Å²) in [5.41, 5.74) is 0. The molecule has 0 unspecified atom stereocenters. The summed E-state index contributed by atoms with van der Waals surface area (Å²) in [6, 6.07) is 5.23. The molecule has 1 aliphatic rings. The Morgan fingerprint density at radius 3 is 2.75 bits per heavy atom. The first-order valence-corrected chi connectivity index (χ1v) is 9.11. The molecule has 1 aliphatic carbocycles. The van der Waals surface area contributed by atoms with Gasteiger partial charge >= 0.3 is 0 Å². The maximum atomic E-state index is 3.62. The summed E-state index contributed by atoms with van der Waals surface area (Å²) in [6.07, 6.45) is 6.88. The van der Waals surface area contributed by atoms with E-state index in [9.17, 15) is 0 Å². The molecule has 0 bridgehead atoms. The minimum absolute atomic E-state index is 0.779. The van der Waals surface area contributed by atoms with Crippen molar-refractivity contribution in [2.75, 3.05) is 26.2 Å². The molecule has 0 atom stereocenters. The highest BCUT2D eigenvalue weighted by Crippen LogP contribution is 2.23. The molecular formula is C17H30N2S. The van der Waals surface area contributed by atoms with Crippen LogP contribution in [0.4, 0.5) is 0 Å². The lowest BCUT2D eigenvalue weighted by Gasteiger charge is -2.30. The average Bonchev–Trinajstić information content (AvgIpc) is 3.10. The number of nitrogens with one attached hydrogen (secondary N) is 1. The zero-order chi connectivity index (χ0) is 14.2. The van der Waals surface area contributed by atoms with Crippen molar-refractivity contribution in [3.05, 3.63) is 22.4 Å². The van der Waals surface area contributed by atoms with E-state index in [0.717, 1.165) is 25.0 Å². The van der Waals surface area contributed by atoms with Crippen molar-refractivity contribution in [2.24, 2.45) is 5.92 Å². The predicted octanol–water partition coefficient (Wildman–Crippen LogP) is 3.78. The highest BCUT2D eigenvalue weighted by Gasteiger charge is 2.22. The Hall–Kier alpha value is -0.380. The van der Waals surface area contributed by atoms with Gasteiger partial charge in [-0.25, -0.2) is 0 Å². The molecule has 1 aromatic heterocycles. The lowest BCUT2D eigenvalue weighted by molar-refractivity contribution is 0.178. The third kappa shape index (κ3) is 5.55. The Balaban J connectivity index is 1.63. The average molecular weight is 295 g/mol. The van der Waals surface area contributed by atoms with Gasteiger partial charge in [0.15, 0.2) is 0 Å². The van der Waals surface area contributed by atoms with Gasteiger partial charge in [-0.3, -0.25) is 4.90 Å². The van der Waals surface area contributed by atoms with Gasteiger partial charge in [0.05, 0.1) is 0 Å². The molecule has 0 radical (unpaired) electrons. The molecule has 1 N–H and O–H groups in total. The fourth-order valence-corrected chi connectivity index (χ4v) is 3.88. The van der Waals surface area contributed by atoms with Crippen LogP contribution in [0.2, 0.25) is 0 Å². The standard InChI is InChI=1S/C17H30N2S/c1-15(2)14-19(16-6-3-4-7-16)12-11-18-10-9-17-8-5-13-20-17/h5,8,13,15-16,18H,3-4,6-7,9-12,14H2,1-2H3. The van der Waals surface area contributed by atoms with Crippen LogP contribution in [-0.2, 0) is 6.42 Å². The van der Waals surface area contributed by atoms with Crippen molar-refractivity contribution >= 4 is 11.3 Å². The van der Waals surface area contributed by atoms with E-state index < -0.39 is 0 Å². The second kappa shape index (κ2) is 8.81. The third-order valence-corrected chi connectivity index (χ3v) is 5.08. The van der Waals surface area contributed by atoms with Crippen molar-refractivity contribution in [2.45, 2.75) is 52.0 Å². The van der Waals surface area contributed by atoms with E-state index in [-0.39, 0.29) is 0 Å². The lowest BCUT2D eigenvalue weighted by Crippen LogP contribution is -2.41. The smallest absolute Gasteiger partial charge is 0.0110 e. The monoisotopic (exact) mass is 294 g/mol. The fourth-order valence-electron chi connectivity index (χ4n) is 3.18. The zero-order valence-corrected chi connectivity index (χ0v) is 13.9. The van der Waals surface area contributed by atoms with E-state index in [1.165, 1.54) is 50.1 Å². The summed E-state index contributed by atoms with van der Waals surface area (Å²) in [6.45, 7) is 9.40. The molecule has 0 spiro atoms. The van der Waals surface area contributed by atoms with Gasteiger partial charge in [0.1, 0.15) is 0 Å². The van der Waals surface area contributed by atoms with Crippen LogP contribution in [-0.4, -0.2) is 37.1 Å². The Labute approximate surface area is 128 Å². The first-order valence-electron chi connectivity index (χ1n) is 8.23. The van der Waals surface area contributed by atoms with Gasteiger partial charge in [0.2, 0.25) is 0 Å². The SMILES string of the molecule is CC(C)CN(CCNCCc1cccs1)C1CCCC1. The highest BCUT2D eigenvalue weighted by molar-refractivity contribution is 7.09. The highest BCUT2D eigenvalue weighted by atomic mass is 32.1. The molecule has 114 valence electrons. The largest absolute Gasteiger partial charge is 0.315 e. The molecule has 0 saturated heterocycles. The second-order valence-electron chi connectivity index (χ2n) is 6.41. The first kappa shape index (κ1) is 16.0. The predicted molar refractivity (Wildman–Crippen MR) is 89.6 cm³/mol. The normalized spacial score (nSPS) is 16.6. The van der Waals surface area contributed by atoms with Crippen LogP contribution in [0.1, 0.15) is 44.4 Å². The summed E-state index contributed by atoms with van der Waals surface area (Å²) >= 11 is 1.87. The van der Waals surface area contributed by atoms with Gasteiger partial charge < -0.3 is 5.32 Å². The van der Waals surface area contributed by atoms with E-state index in [1.54, 1.807) is 0 Å². The van der Waals surface area contributed by atoms with E-state index in [4.69, 9.17) is 0 Å².